The van der Waals surface area contributed by atoms with Crippen LogP contribution >= 0.6 is 0 Å². The van der Waals surface area contributed by atoms with Gasteiger partial charge < -0.3 is 14.5 Å². The molecule has 3 aliphatic heterocycles. The number of hydrogen-bond acceptors (Lipinski definition) is 5. The van der Waals surface area contributed by atoms with Crippen LogP contribution in [0.4, 0.5) is 10.5 Å². The van der Waals surface area contributed by atoms with Gasteiger partial charge in [-0.15, -0.1) is 0 Å². The Morgan fingerprint density at radius 3 is 2.36 bits per heavy atom. The number of likely N-dealkylation sites (tertiary alicyclic amines) is 1. The van der Waals surface area contributed by atoms with Crippen molar-refractivity contribution in [1.82, 2.24) is 9.80 Å². The molecule has 170 valence electrons. The highest BCUT2D eigenvalue weighted by Gasteiger charge is 2.46. The fourth-order valence-corrected chi connectivity index (χ4v) is 5.07. The van der Waals surface area contributed by atoms with Gasteiger partial charge in [-0.1, -0.05) is 48.5 Å². The first-order chi connectivity index (χ1) is 16.1. The van der Waals surface area contributed by atoms with Crippen molar-refractivity contribution in [3.05, 3.63) is 71.4 Å². The van der Waals surface area contributed by atoms with E-state index >= 15 is 0 Å². The summed E-state index contributed by atoms with van der Waals surface area (Å²) in [6.45, 7) is 3.69. The van der Waals surface area contributed by atoms with Gasteiger partial charge in [0.2, 0.25) is 0 Å². The van der Waals surface area contributed by atoms with Gasteiger partial charge in [-0.3, -0.25) is 14.5 Å². The number of nitrogens with zero attached hydrogens (tertiary/aromatic N) is 3. The van der Waals surface area contributed by atoms with Crippen molar-refractivity contribution in [1.29, 1.82) is 0 Å². The average Bonchev–Trinajstić information content (AvgIpc) is 3.37. The molecule has 0 N–H and O–H groups in total. The normalized spacial score (nSPS) is 18.9. The van der Waals surface area contributed by atoms with Crippen molar-refractivity contribution in [2.45, 2.75) is 32.2 Å². The molecule has 2 aromatic rings. The number of fused-ring (bicyclic) bond motifs is 1. The van der Waals surface area contributed by atoms with Crippen LogP contribution < -0.4 is 4.90 Å². The smallest absolute Gasteiger partial charge is 0.409 e. The van der Waals surface area contributed by atoms with Crippen molar-refractivity contribution >= 4 is 29.2 Å². The van der Waals surface area contributed by atoms with Crippen LogP contribution in [-0.2, 0) is 20.7 Å². The minimum absolute atomic E-state index is 0.245. The van der Waals surface area contributed by atoms with E-state index in [1.54, 1.807) is 11.8 Å². The summed E-state index contributed by atoms with van der Waals surface area (Å²) in [5.41, 5.74) is 3.84. The van der Waals surface area contributed by atoms with Gasteiger partial charge in [0.05, 0.1) is 12.2 Å². The summed E-state index contributed by atoms with van der Waals surface area (Å²) in [5.74, 6) is -0.495. The van der Waals surface area contributed by atoms with Gasteiger partial charge in [-0.25, -0.2) is 4.79 Å². The standard InChI is InChI=1S/C26H27N3O4/c1-2-33-26(32)27-15-13-20(14-16-27)29-24(30)22(19-9-4-3-5-10-19)23(25(29)31)28-17-12-18-8-6-7-11-21(18)28/h3-11,20H,2,12-17H2,1H3. The predicted molar refractivity (Wildman–Crippen MR) is 124 cm³/mol. The summed E-state index contributed by atoms with van der Waals surface area (Å²) >= 11 is 0. The molecule has 7 nitrogen and oxygen atoms in total. The van der Waals surface area contributed by atoms with Crippen LogP contribution in [0, 0.1) is 0 Å². The van der Waals surface area contributed by atoms with Crippen LogP contribution in [0.1, 0.15) is 30.9 Å². The van der Waals surface area contributed by atoms with E-state index in [4.69, 9.17) is 4.74 Å². The molecule has 0 bridgehead atoms. The molecule has 0 spiro atoms. The fourth-order valence-electron chi connectivity index (χ4n) is 5.07. The highest BCUT2D eigenvalue weighted by Crippen LogP contribution is 2.40. The van der Waals surface area contributed by atoms with Gasteiger partial charge in [0.15, 0.2) is 0 Å². The molecule has 0 aliphatic carbocycles. The van der Waals surface area contributed by atoms with E-state index in [9.17, 15) is 14.4 Å². The Labute approximate surface area is 193 Å². The van der Waals surface area contributed by atoms with Gasteiger partial charge in [0.25, 0.3) is 11.8 Å². The first-order valence-corrected chi connectivity index (χ1v) is 11.5. The van der Waals surface area contributed by atoms with E-state index in [0.29, 0.717) is 50.4 Å². The van der Waals surface area contributed by atoms with Crippen LogP contribution in [0.3, 0.4) is 0 Å². The van der Waals surface area contributed by atoms with Gasteiger partial charge in [-0.2, -0.15) is 0 Å². The first kappa shape index (κ1) is 21.2. The number of carbonyl (C=O) groups is 3. The third-order valence-electron chi connectivity index (χ3n) is 6.67. The second-order valence-corrected chi connectivity index (χ2v) is 8.52. The molecule has 3 heterocycles. The maximum atomic E-state index is 13.8. The monoisotopic (exact) mass is 445 g/mol. The lowest BCUT2D eigenvalue weighted by atomic mass is 10.0. The quantitative estimate of drug-likeness (QED) is 0.675. The number of carbonyl (C=O) groups excluding carboxylic acids is 3. The molecule has 5 rings (SSSR count). The van der Waals surface area contributed by atoms with E-state index in [-0.39, 0.29) is 23.9 Å². The summed E-state index contributed by atoms with van der Waals surface area (Å²) in [4.78, 5) is 44.7. The van der Waals surface area contributed by atoms with Gasteiger partial charge in [0.1, 0.15) is 5.70 Å². The lowest BCUT2D eigenvalue weighted by molar-refractivity contribution is -0.140. The summed E-state index contributed by atoms with van der Waals surface area (Å²) in [7, 11) is 0. The summed E-state index contributed by atoms with van der Waals surface area (Å²) in [5, 5.41) is 0. The molecular weight excluding hydrogens is 418 g/mol. The molecule has 7 heteroatoms. The zero-order chi connectivity index (χ0) is 22.9. The van der Waals surface area contributed by atoms with Crippen molar-refractivity contribution < 1.29 is 19.1 Å². The highest BCUT2D eigenvalue weighted by molar-refractivity contribution is 6.37. The molecule has 3 amide bonds. The van der Waals surface area contributed by atoms with E-state index in [1.807, 2.05) is 53.4 Å². The molecule has 3 aliphatic rings. The Morgan fingerprint density at radius 2 is 1.64 bits per heavy atom. The van der Waals surface area contributed by atoms with Crippen LogP contribution in [-0.4, -0.2) is 60.0 Å². The Kier molecular flexibility index (Phi) is 5.62. The molecule has 1 saturated heterocycles. The zero-order valence-electron chi connectivity index (χ0n) is 18.7. The van der Waals surface area contributed by atoms with Crippen molar-refractivity contribution in [3.8, 4) is 0 Å². The van der Waals surface area contributed by atoms with Gasteiger partial charge in [-0.05, 0) is 43.4 Å². The lowest BCUT2D eigenvalue weighted by Crippen LogP contribution is -2.49. The number of hydrogen-bond donors (Lipinski definition) is 0. The lowest BCUT2D eigenvalue weighted by Gasteiger charge is -2.35. The molecular formula is C26H27N3O4. The number of benzene rings is 2. The average molecular weight is 446 g/mol. The number of para-hydroxylation sites is 1. The van der Waals surface area contributed by atoms with Crippen LogP contribution in [0.25, 0.3) is 5.57 Å². The number of piperidine rings is 1. The topological polar surface area (TPSA) is 70.2 Å². The van der Waals surface area contributed by atoms with Gasteiger partial charge >= 0.3 is 6.09 Å². The van der Waals surface area contributed by atoms with Crippen molar-refractivity contribution in [2.75, 3.05) is 31.1 Å². The van der Waals surface area contributed by atoms with E-state index in [0.717, 1.165) is 17.7 Å². The maximum Gasteiger partial charge on any atom is 0.409 e. The first-order valence-electron chi connectivity index (χ1n) is 11.5. The molecule has 0 unspecified atom stereocenters. The summed E-state index contributed by atoms with van der Waals surface area (Å²) in [6.07, 6.45) is 1.58. The Morgan fingerprint density at radius 1 is 0.939 bits per heavy atom. The Bertz CT molecular complexity index is 1120. The fraction of sp³-hybridized carbons (Fsp3) is 0.346. The third-order valence-corrected chi connectivity index (χ3v) is 6.67. The number of imide groups is 1. The third kappa shape index (κ3) is 3.67. The summed E-state index contributed by atoms with van der Waals surface area (Å²) in [6, 6.07) is 17.2. The van der Waals surface area contributed by atoms with Gasteiger partial charge in [0, 0.05) is 31.4 Å². The van der Waals surface area contributed by atoms with Crippen LogP contribution in [0.15, 0.2) is 60.3 Å². The highest BCUT2D eigenvalue weighted by atomic mass is 16.6. The van der Waals surface area contributed by atoms with E-state index in [1.165, 1.54) is 10.5 Å². The maximum absolute atomic E-state index is 13.8. The van der Waals surface area contributed by atoms with Crippen molar-refractivity contribution in [2.24, 2.45) is 0 Å². The predicted octanol–water partition coefficient (Wildman–Crippen LogP) is 3.45. The molecule has 0 radical (unpaired) electrons. The van der Waals surface area contributed by atoms with Crippen LogP contribution in [0.5, 0.6) is 0 Å². The second kappa shape index (κ2) is 8.73. The minimum atomic E-state index is -0.340. The van der Waals surface area contributed by atoms with E-state index < -0.39 is 0 Å². The molecule has 0 aromatic heterocycles. The molecule has 0 saturated carbocycles. The Hall–Kier alpha value is -3.61. The number of rotatable bonds is 4. The van der Waals surface area contributed by atoms with Crippen LogP contribution in [0.2, 0.25) is 0 Å². The van der Waals surface area contributed by atoms with Crippen molar-refractivity contribution in [3.63, 3.8) is 0 Å². The van der Waals surface area contributed by atoms with E-state index in [2.05, 4.69) is 6.07 Å². The largest absolute Gasteiger partial charge is 0.450 e. The summed E-state index contributed by atoms with van der Waals surface area (Å²) < 4.78 is 5.10. The number of amides is 3. The Balaban J connectivity index is 1.47. The zero-order valence-corrected chi connectivity index (χ0v) is 18.7. The second-order valence-electron chi connectivity index (χ2n) is 8.52. The molecule has 33 heavy (non-hydrogen) atoms. The number of ether oxygens (including phenoxy) is 1. The molecule has 1 fully saturated rings. The number of anilines is 1. The molecule has 2 aromatic carbocycles. The molecule has 0 atom stereocenters. The minimum Gasteiger partial charge on any atom is -0.450 e. The SMILES string of the molecule is CCOC(=O)N1CCC(N2C(=O)C(c3ccccc3)=C(N3CCc4ccccc43)C2=O)CC1.